The third-order valence-corrected chi connectivity index (χ3v) is 5.76. The van der Waals surface area contributed by atoms with Crippen LogP contribution >= 0.6 is 11.6 Å². The SMILES string of the molecule is Cn1c(CNC(=O)C2(c3ccc(F)cc3)CCOCC2)nc2cc(Cl)ccc21. The quantitative estimate of drug-likeness (QED) is 0.724. The average molecular weight is 402 g/mol. The molecule has 5 nitrogen and oxygen atoms in total. The van der Waals surface area contributed by atoms with Gasteiger partial charge in [0.05, 0.1) is 23.0 Å². The smallest absolute Gasteiger partial charge is 0.231 e. The van der Waals surface area contributed by atoms with Crippen molar-refractivity contribution in [2.45, 2.75) is 24.8 Å². The van der Waals surface area contributed by atoms with Crippen LogP contribution in [0.4, 0.5) is 4.39 Å². The average Bonchev–Trinajstić information content (AvgIpc) is 3.02. The highest BCUT2D eigenvalue weighted by atomic mass is 35.5. The zero-order chi connectivity index (χ0) is 19.7. The maximum Gasteiger partial charge on any atom is 0.231 e. The molecule has 0 unspecified atom stereocenters. The number of nitrogens with one attached hydrogen (secondary N) is 1. The number of carbonyl (C=O) groups is 1. The van der Waals surface area contributed by atoms with E-state index in [9.17, 15) is 9.18 Å². The second-order valence-corrected chi connectivity index (χ2v) is 7.54. The van der Waals surface area contributed by atoms with Gasteiger partial charge in [-0.25, -0.2) is 9.37 Å². The normalized spacial score (nSPS) is 16.2. The van der Waals surface area contributed by atoms with Crippen LogP contribution in [0.1, 0.15) is 24.2 Å². The predicted octanol–water partition coefficient (Wildman–Crippen LogP) is 3.73. The molecule has 1 N–H and O–H groups in total. The minimum absolute atomic E-state index is 0.0903. The van der Waals surface area contributed by atoms with Gasteiger partial charge in [0.1, 0.15) is 11.6 Å². The summed E-state index contributed by atoms with van der Waals surface area (Å²) in [7, 11) is 1.91. The lowest BCUT2D eigenvalue weighted by molar-refractivity contribution is -0.130. The molecule has 3 aromatic rings. The van der Waals surface area contributed by atoms with E-state index in [-0.39, 0.29) is 11.7 Å². The molecule has 4 rings (SSSR count). The van der Waals surface area contributed by atoms with E-state index in [4.69, 9.17) is 16.3 Å². The highest BCUT2D eigenvalue weighted by Gasteiger charge is 2.41. The minimum atomic E-state index is -0.722. The largest absolute Gasteiger partial charge is 0.381 e. The number of rotatable bonds is 4. The van der Waals surface area contributed by atoms with Crippen LogP contribution in [0.25, 0.3) is 11.0 Å². The molecule has 0 atom stereocenters. The number of aromatic nitrogens is 2. The molecule has 28 heavy (non-hydrogen) atoms. The van der Waals surface area contributed by atoms with E-state index in [1.165, 1.54) is 12.1 Å². The van der Waals surface area contributed by atoms with Crippen LogP contribution in [0.3, 0.4) is 0 Å². The van der Waals surface area contributed by atoms with E-state index < -0.39 is 5.41 Å². The Balaban J connectivity index is 1.58. The third kappa shape index (κ3) is 3.38. The molecule has 1 saturated heterocycles. The van der Waals surface area contributed by atoms with Crippen LogP contribution in [-0.4, -0.2) is 28.7 Å². The van der Waals surface area contributed by atoms with E-state index in [1.54, 1.807) is 18.2 Å². The van der Waals surface area contributed by atoms with Crippen molar-refractivity contribution in [3.05, 3.63) is 64.7 Å². The molecule has 2 aromatic carbocycles. The summed E-state index contributed by atoms with van der Waals surface area (Å²) in [5.74, 6) is 0.337. The lowest BCUT2D eigenvalue weighted by atomic mass is 9.73. The van der Waals surface area contributed by atoms with E-state index in [0.717, 1.165) is 22.4 Å². The highest BCUT2D eigenvalue weighted by Crippen LogP contribution is 2.35. The molecule has 0 spiro atoms. The summed E-state index contributed by atoms with van der Waals surface area (Å²) in [6.07, 6.45) is 1.12. The van der Waals surface area contributed by atoms with E-state index >= 15 is 0 Å². The number of fused-ring (bicyclic) bond motifs is 1. The Labute approximate surface area is 167 Å². The van der Waals surface area contributed by atoms with Crippen LogP contribution in [0.2, 0.25) is 5.02 Å². The number of aryl methyl sites for hydroxylation is 1. The molecule has 1 aliphatic heterocycles. The Morgan fingerprint density at radius 2 is 1.96 bits per heavy atom. The summed E-state index contributed by atoms with van der Waals surface area (Å²) in [5, 5.41) is 3.66. The number of carbonyl (C=O) groups excluding carboxylic acids is 1. The molecule has 0 bridgehead atoms. The molecule has 7 heteroatoms. The molecular formula is C21H21ClFN3O2. The zero-order valence-corrected chi connectivity index (χ0v) is 16.3. The fourth-order valence-corrected chi connectivity index (χ4v) is 4.01. The fraction of sp³-hybridized carbons (Fsp3) is 0.333. The van der Waals surface area contributed by atoms with Gasteiger partial charge in [0.15, 0.2) is 0 Å². The number of amides is 1. The number of imidazole rings is 1. The van der Waals surface area contributed by atoms with Crippen molar-refractivity contribution >= 4 is 28.5 Å². The molecule has 0 radical (unpaired) electrons. The van der Waals surface area contributed by atoms with Crippen molar-refractivity contribution in [3.8, 4) is 0 Å². The molecule has 146 valence electrons. The maximum atomic E-state index is 13.4. The monoisotopic (exact) mass is 401 g/mol. The Bertz CT molecular complexity index is 1010. The van der Waals surface area contributed by atoms with Gasteiger partial charge in [0, 0.05) is 25.3 Å². The Kier molecular flexibility index (Phi) is 5.08. The summed E-state index contributed by atoms with van der Waals surface area (Å²) in [6.45, 7) is 1.29. The van der Waals surface area contributed by atoms with Crippen molar-refractivity contribution in [1.82, 2.24) is 14.9 Å². The van der Waals surface area contributed by atoms with E-state index in [0.29, 0.717) is 37.6 Å². The van der Waals surface area contributed by atoms with Crippen LogP contribution in [0, 0.1) is 5.82 Å². The summed E-state index contributed by atoms with van der Waals surface area (Å²) < 4.78 is 20.8. The van der Waals surface area contributed by atoms with Gasteiger partial charge in [-0.05, 0) is 48.7 Å². The summed E-state index contributed by atoms with van der Waals surface area (Å²) in [6, 6.07) is 11.7. The topological polar surface area (TPSA) is 56.2 Å². The van der Waals surface area contributed by atoms with E-state index in [2.05, 4.69) is 10.3 Å². The standard InChI is InChI=1S/C21H21ClFN3O2/c1-26-18-7-4-15(22)12-17(18)25-19(26)13-24-20(27)21(8-10-28-11-9-21)14-2-5-16(23)6-3-14/h2-7,12H,8-11,13H2,1H3,(H,24,27). The zero-order valence-electron chi connectivity index (χ0n) is 15.5. The predicted molar refractivity (Wildman–Crippen MR) is 106 cm³/mol. The van der Waals surface area contributed by atoms with Gasteiger partial charge in [-0.15, -0.1) is 0 Å². The second-order valence-electron chi connectivity index (χ2n) is 7.10. The maximum absolute atomic E-state index is 13.4. The van der Waals surface area contributed by atoms with Crippen molar-refractivity contribution in [2.24, 2.45) is 7.05 Å². The number of halogens is 2. The highest BCUT2D eigenvalue weighted by molar-refractivity contribution is 6.31. The molecule has 1 aromatic heterocycles. The summed E-state index contributed by atoms with van der Waals surface area (Å²) in [4.78, 5) is 17.8. The molecule has 2 heterocycles. The van der Waals surface area contributed by atoms with Crippen molar-refractivity contribution in [3.63, 3.8) is 0 Å². The third-order valence-electron chi connectivity index (χ3n) is 5.52. The van der Waals surface area contributed by atoms with Gasteiger partial charge in [0.2, 0.25) is 5.91 Å². The number of hydrogen-bond acceptors (Lipinski definition) is 3. The first kappa shape index (κ1) is 18.9. The van der Waals surface area contributed by atoms with Crippen molar-refractivity contribution in [1.29, 1.82) is 0 Å². The fourth-order valence-electron chi connectivity index (χ4n) is 3.85. The number of ether oxygens (including phenoxy) is 1. The minimum Gasteiger partial charge on any atom is -0.381 e. The Hall–Kier alpha value is -2.44. The first-order chi connectivity index (χ1) is 13.5. The van der Waals surface area contributed by atoms with Crippen LogP contribution in [-0.2, 0) is 28.5 Å². The van der Waals surface area contributed by atoms with Crippen LogP contribution in [0.5, 0.6) is 0 Å². The van der Waals surface area contributed by atoms with Crippen molar-refractivity contribution < 1.29 is 13.9 Å². The first-order valence-electron chi connectivity index (χ1n) is 9.22. The lowest BCUT2D eigenvalue weighted by Crippen LogP contribution is -2.48. The summed E-state index contributed by atoms with van der Waals surface area (Å²) >= 11 is 6.05. The van der Waals surface area contributed by atoms with Gasteiger partial charge >= 0.3 is 0 Å². The van der Waals surface area contributed by atoms with Gasteiger partial charge in [-0.2, -0.15) is 0 Å². The van der Waals surface area contributed by atoms with Gasteiger partial charge < -0.3 is 14.6 Å². The second kappa shape index (κ2) is 7.53. The molecule has 0 aliphatic carbocycles. The molecule has 1 amide bonds. The van der Waals surface area contributed by atoms with Gasteiger partial charge in [-0.1, -0.05) is 23.7 Å². The first-order valence-corrected chi connectivity index (χ1v) is 9.60. The van der Waals surface area contributed by atoms with Crippen LogP contribution in [0.15, 0.2) is 42.5 Å². The number of nitrogens with zero attached hydrogens (tertiary/aromatic N) is 2. The van der Waals surface area contributed by atoms with Crippen molar-refractivity contribution in [2.75, 3.05) is 13.2 Å². The Morgan fingerprint density at radius 3 is 2.68 bits per heavy atom. The van der Waals surface area contributed by atoms with Gasteiger partial charge in [-0.3, -0.25) is 4.79 Å². The molecule has 0 saturated carbocycles. The Morgan fingerprint density at radius 1 is 1.25 bits per heavy atom. The lowest BCUT2D eigenvalue weighted by Gasteiger charge is -2.36. The summed E-state index contributed by atoms with van der Waals surface area (Å²) in [5.41, 5.74) is 1.83. The number of hydrogen-bond donors (Lipinski definition) is 1. The van der Waals surface area contributed by atoms with Crippen LogP contribution < -0.4 is 5.32 Å². The molecule has 1 fully saturated rings. The van der Waals surface area contributed by atoms with Gasteiger partial charge in [0.25, 0.3) is 0 Å². The molecular weight excluding hydrogens is 381 g/mol. The van der Waals surface area contributed by atoms with E-state index in [1.807, 2.05) is 23.7 Å². The molecule has 1 aliphatic rings. The number of benzene rings is 2.